The maximum absolute atomic E-state index is 12.8. The van der Waals surface area contributed by atoms with Crippen molar-refractivity contribution in [2.24, 2.45) is 0 Å². The number of nitrogens with zero attached hydrogens (tertiary/aromatic N) is 1. The van der Waals surface area contributed by atoms with Crippen molar-refractivity contribution in [3.8, 4) is 11.5 Å². The Morgan fingerprint density at radius 1 is 1.08 bits per heavy atom. The highest BCUT2D eigenvalue weighted by molar-refractivity contribution is 5.94. The van der Waals surface area contributed by atoms with Gasteiger partial charge in [0.05, 0.1) is 12.6 Å². The van der Waals surface area contributed by atoms with Crippen LogP contribution in [0.2, 0.25) is 0 Å². The van der Waals surface area contributed by atoms with E-state index in [1.807, 2.05) is 37.3 Å². The Balaban J connectivity index is 1.55. The third kappa shape index (κ3) is 2.81. The van der Waals surface area contributed by atoms with Gasteiger partial charge in [-0.25, -0.2) is 9.90 Å². The summed E-state index contributed by atoms with van der Waals surface area (Å²) < 4.78 is 16.4. The Kier molecular flexibility index (Phi) is 3.84. The molecule has 0 bridgehead atoms. The quantitative estimate of drug-likeness (QED) is 0.849. The summed E-state index contributed by atoms with van der Waals surface area (Å²) in [6.45, 7) is 2.45. The lowest BCUT2D eigenvalue weighted by atomic mass is 10.1. The molecule has 0 N–H and O–H groups in total. The van der Waals surface area contributed by atoms with Gasteiger partial charge in [-0.05, 0) is 25.1 Å². The summed E-state index contributed by atoms with van der Waals surface area (Å²) in [4.78, 5) is 18.5. The molecule has 1 saturated heterocycles. The molecule has 24 heavy (non-hydrogen) atoms. The molecule has 0 spiro atoms. The van der Waals surface area contributed by atoms with Crippen LogP contribution in [-0.4, -0.2) is 30.4 Å². The lowest BCUT2D eigenvalue weighted by Gasteiger charge is -2.36. The van der Waals surface area contributed by atoms with E-state index in [1.165, 1.54) is 5.06 Å². The average molecular weight is 327 g/mol. The first kappa shape index (κ1) is 15.0. The molecule has 2 aliphatic heterocycles. The Labute approximate surface area is 139 Å². The number of fused-ring (bicyclic) bond motifs is 1. The van der Waals surface area contributed by atoms with E-state index >= 15 is 0 Å². The van der Waals surface area contributed by atoms with Gasteiger partial charge in [-0.1, -0.05) is 30.3 Å². The highest BCUT2D eigenvalue weighted by atomic mass is 16.8. The van der Waals surface area contributed by atoms with Crippen molar-refractivity contribution >= 4 is 5.91 Å². The number of amides is 1. The van der Waals surface area contributed by atoms with Gasteiger partial charge < -0.3 is 14.2 Å². The van der Waals surface area contributed by atoms with Crippen molar-refractivity contribution in [2.75, 3.05) is 13.3 Å². The van der Waals surface area contributed by atoms with Crippen molar-refractivity contribution in [3.63, 3.8) is 0 Å². The number of carbonyl (C=O) groups excluding carboxylic acids is 1. The van der Waals surface area contributed by atoms with Crippen LogP contribution in [0.3, 0.4) is 0 Å². The standard InChI is InChI=1S/C18H17NO5/c1-12-10-19(24-18(23-12)13-5-3-2-4-6-13)17(20)14-7-8-15-16(9-14)22-11-21-15/h2-9,12,18H,10-11H2,1H3/t12-,18-/m0/s1. The molecule has 0 saturated carbocycles. The highest BCUT2D eigenvalue weighted by Gasteiger charge is 2.31. The highest BCUT2D eigenvalue weighted by Crippen LogP contribution is 2.34. The van der Waals surface area contributed by atoms with Crippen LogP contribution >= 0.6 is 0 Å². The third-order valence-corrected chi connectivity index (χ3v) is 3.92. The molecule has 2 heterocycles. The van der Waals surface area contributed by atoms with Gasteiger partial charge in [0, 0.05) is 11.1 Å². The van der Waals surface area contributed by atoms with Crippen LogP contribution in [0.5, 0.6) is 11.5 Å². The van der Waals surface area contributed by atoms with Gasteiger partial charge >= 0.3 is 0 Å². The van der Waals surface area contributed by atoms with Crippen LogP contribution in [0.1, 0.15) is 29.1 Å². The summed E-state index contributed by atoms with van der Waals surface area (Å²) in [6.07, 6.45) is -0.741. The second kappa shape index (κ2) is 6.14. The third-order valence-electron chi connectivity index (χ3n) is 3.92. The van der Waals surface area contributed by atoms with Crippen molar-refractivity contribution in [1.29, 1.82) is 0 Å². The molecule has 2 aromatic rings. The molecule has 4 rings (SSSR count). The smallest absolute Gasteiger partial charge is 0.277 e. The van der Waals surface area contributed by atoms with E-state index in [0.717, 1.165) is 5.56 Å². The fourth-order valence-electron chi connectivity index (χ4n) is 2.72. The van der Waals surface area contributed by atoms with E-state index in [4.69, 9.17) is 19.0 Å². The predicted octanol–water partition coefficient (Wildman–Crippen LogP) is 2.91. The Bertz CT molecular complexity index is 748. The van der Waals surface area contributed by atoms with Crippen LogP contribution in [-0.2, 0) is 9.57 Å². The Hall–Kier alpha value is -2.57. The van der Waals surface area contributed by atoms with E-state index in [9.17, 15) is 4.79 Å². The minimum absolute atomic E-state index is 0.137. The van der Waals surface area contributed by atoms with Gasteiger partial charge in [0.15, 0.2) is 11.5 Å². The molecule has 0 unspecified atom stereocenters. The molecule has 2 aliphatic rings. The summed E-state index contributed by atoms with van der Waals surface area (Å²) in [5, 5.41) is 1.35. The molecule has 0 radical (unpaired) electrons. The normalized spacial score (nSPS) is 22.5. The lowest BCUT2D eigenvalue weighted by Crippen LogP contribution is -2.44. The number of carbonyl (C=O) groups is 1. The van der Waals surface area contributed by atoms with E-state index in [1.54, 1.807) is 18.2 Å². The lowest BCUT2D eigenvalue weighted by molar-refractivity contribution is -0.320. The molecule has 2 atom stereocenters. The second-order valence-electron chi connectivity index (χ2n) is 5.73. The monoisotopic (exact) mass is 327 g/mol. The SMILES string of the molecule is C[C@H]1CN(C(=O)c2ccc3c(c2)OCO3)O[C@@H](c2ccccc2)O1. The molecule has 0 aromatic heterocycles. The molecule has 2 aromatic carbocycles. The predicted molar refractivity (Wildman–Crippen MR) is 84.4 cm³/mol. The van der Waals surface area contributed by atoms with Crippen LogP contribution < -0.4 is 9.47 Å². The molecule has 124 valence electrons. The van der Waals surface area contributed by atoms with Crippen molar-refractivity contribution in [3.05, 3.63) is 59.7 Å². The van der Waals surface area contributed by atoms with E-state index in [-0.39, 0.29) is 18.8 Å². The summed E-state index contributed by atoms with van der Waals surface area (Å²) >= 11 is 0. The first-order chi connectivity index (χ1) is 11.7. The molecule has 1 fully saturated rings. The van der Waals surface area contributed by atoms with Crippen LogP contribution in [0.15, 0.2) is 48.5 Å². The zero-order chi connectivity index (χ0) is 16.5. The summed E-state index contributed by atoms with van der Waals surface area (Å²) in [5.74, 6) is 0.983. The zero-order valence-corrected chi connectivity index (χ0v) is 13.2. The fraction of sp³-hybridized carbons (Fsp3) is 0.278. The first-order valence-corrected chi connectivity index (χ1v) is 7.79. The van der Waals surface area contributed by atoms with Crippen molar-refractivity contribution < 1.29 is 23.8 Å². The summed E-state index contributed by atoms with van der Waals surface area (Å²) in [7, 11) is 0. The number of ether oxygens (including phenoxy) is 3. The van der Waals surface area contributed by atoms with E-state index < -0.39 is 6.29 Å². The van der Waals surface area contributed by atoms with Crippen LogP contribution in [0, 0.1) is 0 Å². The Morgan fingerprint density at radius 3 is 2.71 bits per heavy atom. The topological polar surface area (TPSA) is 57.2 Å². The van der Waals surface area contributed by atoms with Gasteiger partial charge in [-0.15, -0.1) is 0 Å². The van der Waals surface area contributed by atoms with Crippen LogP contribution in [0.4, 0.5) is 0 Å². The maximum Gasteiger partial charge on any atom is 0.277 e. The minimum atomic E-state index is -0.604. The minimum Gasteiger partial charge on any atom is -0.454 e. The van der Waals surface area contributed by atoms with Crippen LogP contribution in [0.25, 0.3) is 0 Å². The van der Waals surface area contributed by atoms with E-state index in [2.05, 4.69) is 0 Å². The van der Waals surface area contributed by atoms with E-state index in [0.29, 0.717) is 23.6 Å². The number of rotatable bonds is 2. The van der Waals surface area contributed by atoms with Gasteiger partial charge in [0.1, 0.15) is 0 Å². The van der Waals surface area contributed by atoms with Gasteiger partial charge in [0.25, 0.3) is 5.91 Å². The number of hydrogen-bond acceptors (Lipinski definition) is 5. The van der Waals surface area contributed by atoms with Gasteiger partial charge in [0.2, 0.25) is 13.1 Å². The summed E-state index contributed by atoms with van der Waals surface area (Å²) in [5.41, 5.74) is 1.35. The number of hydroxylamine groups is 2. The van der Waals surface area contributed by atoms with Crippen molar-refractivity contribution in [1.82, 2.24) is 5.06 Å². The van der Waals surface area contributed by atoms with Gasteiger partial charge in [-0.3, -0.25) is 4.79 Å². The largest absolute Gasteiger partial charge is 0.454 e. The number of hydrogen-bond donors (Lipinski definition) is 0. The molecular weight excluding hydrogens is 310 g/mol. The zero-order valence-electron chi connectivity index (χ0n) is 13.2. The average Bonchev–Trinajstić information content (AvgIpc) is 3.09. The van der Waals surface area contributed by atoms with Gasteiger partial charge in [-0.2, -0.15) is 0 Å². The summed E-state index contributed by atoms with van der Waals surface area (Å²) in [6, 6.07) is 14.7. The Morgan fingerprint density at radius 2 is 1.88 bits per heavy atom. The maximum atomic E-state index is 12.8. The molecular formula is C18H17NO5. The second-order valence-corrected chi connectivity index (χ2v) is 5.73. The first-order valence-electron chi connectivity index (χ1n) is 7.79. The fourth-order valence-corrected chi connectivity index (χ4v) is 2.72. The molecule has 1 amide bonds. The molecule has 6 nitrogen and oxygen atoms in total. The number of benzene rings is 2. The molecule has 0 aliphatic carbocycles. The molecule has 6 heteroatoms. The van der Waals surface area contributed by atoms with Crippen molar-refractivity contribution in [2.45, 2.75) is 19.3 Å².